The number of fused-ring (bicyclic) bond motifs is 2. The first kappa shape index (κ1) is 9.72. The van der Waals surface area contributed by atoms with Crippen LogP contribution in [0.2, 0.25) is 0 Å². The van der Waals surface area contributed by atoms with Crippen LogP contribution in [0.5, 0.6) is 0 Å². The maximum atomic E-state index is 9.26. The van der Waals surface area contributed by atoms with E-state index in [9.17, 15) is 5.26 Å². The Labute approximate surface area is 107 Å². The fourth-order valence-electron chi connectivity index (χ4n) is 6.01. The molecule has 2 aliphatic heterocycles. The monoisotopic (exact) mass is 239 g/mol. The minimum Gasteiger partial charge on any atom is -0.193 e. The lowest BCUT2D eigenvalue weighted by atomic mass is 9.59. The normalized spacial score (nSPS) is 58.3. The number of azo groups is 1. The molecule has 3 nitrogen and oxygen atoms in total. The zero-order valence-electron chi connectivity index (χ0n) is 10.4. The molecule has 3 heteroatoms. The lowest BCUT2D eigenvalue weighted by molar-refractivity contribution is 0.0334. The van der Waals surface area contributed by atoms with Gasteiger partial charge in [0, 0.05) is 5.57 Å². The zero-order valence-corrected chi connectivity index (χ0v) is 10.4. The van der Waals surface area contributed by atoms with Crippen molar-refractivity contribution in [3.05, 3.63) is 11.6 Å². The van der Waals surface area contributed by atoms with Crippen LogP contribution < -0.4 is 0 Å². The van der Waals surface area contributed by atoms with Crippen LogP contribution in [0.15, 0.2) is 21.9 Å². The number of hydrogen-bond donors (Lipinski definition) is 0. The molecule has 0 aromatic rings. The van der Waals surface area contributed by atoms with Crippen LogP contribution in [0, 0.1) is 46.8 Å². The average Bonchev–Trinajstić information content (AvgIpc) is 3.13. The summed E-state index contributed by atoms with van der Waals surface area (Å²) in [7, 11) is 0. The number of nitrogens with zero attached hydrogens (tertiary/aromatic N) is 3. The number of allylic oxidation sites excluding steroid dienone is 2. The second-order valence-electron chi connectivity index (χ2n) is 6.87. The van der Waals surface area contributed by atoms with E-state index >= 15 is 0 Å². The molecule has 4 bridgehead atoms. The Balaban J connectivity index is 1.63. The summed E-state index contributed by atoms with van der Waals surface area (Å²) in [6.07, 6.45) is 7.60. The third-order valence-electron chi connectivity index (χ3n) is 6.48. The summed E-state index contributed by atoms with van der Waals surface area (Å²) in [5, 5.41) is 18.6. The van der Waals surface area contributed by atoms with Crippen molar-refractivity contribution < 1.29 is 0 Å². The van der Waals surface area contributed by atoms with Gasteiger partial charge in [-0.05, 0) is 54.8 Å². The van der Waals surface area contributed by atoms with Crippen LogP contribution in [0.4, 0.5) is 0 Å². The van der Waals surface area contributed by atoms with Crippen molar-refractivity contribution in [1.82, 2.24) is 0 Å². The highest BCUT2D eigenvalue weighted by Gasteiger charge is 2.63. The van der Waals surface area contributed by atoms with E-state index in [-0.39, 0.29) is 0 Å². The van der Waals surface area contributed by atoms with Gasteiger partial charge < -0.3 is 0 Å². The average molecular weight is 239 g/mol. The van der Waals surface area contributed by atoms with E-state index < -0.39 is 0 Å². The van der Waals surface area contributed by atoms with Crippen molar-refractivity contribution >= 4 is 0 Å². The molecule has 3 fully saturated rings. The molecule has 0 saturated heterocycles. The van der Waals surface area contributed by atoms with E-state index in [1.54, 1.807) is 0 Å². The molecule has 0 radical (unpaired) electrons. The van der Waals surface area contributed by atoms with Gasteiger partial charge in [-0.3, -0.25) is 0 Å². The summed E-state index contributed by atoms with van der Waals surface area (Å²) in [4.78, 5) is 0. The zero-order chi connectivity index (χ0) is 11.9. The van der Waals surface area contributed by atoms with Gasteiger partial charge in [-0.15, -0.1) is 0 Å². The third-order valence-corrected chi connectivity index (χ3v) is 6.48. The van der Waals surface area contributed by atoms with E-state index in [2.05, 4.69) is 22.4 Å². The Morgan fingerprint density at radius 3 is 2.56 bits per heavy atom. The second-order valence-corrected chi connectivity index (χ2v) is 6.87. The molecule has 18 heavy (non-hydrogen) atoms. The highest BCUT2D eigenvalue weighted by atomic mass is 15.2. The molecule has 92 valence electrons. The van der Waals surface area contributed by atoms with Crippen molar-refractivity contribution in [2.75, 3.05) is 0 Å². The molecule has 0 spiro atoms. The molecular formula is C15H17N3. The predicted molar refractivity (Wildman–Crippen MR) is 65.5 cm³/mol. The molecule has 8 atom stereocenters. The van der Waals surface area contributed by atoms with Crippen LogP contribution in [0.1, 0.15) is 25.7 Å². The smallest absolute Gasteiger partial charge is 0.0946 e. The van der Waals surface area contributed by atoms with E-state index in [1.165, 1.54) is 25.7 Å². The fourth-order valence-corrected chi connectivity index (χ4v) is 6.01. The molecule has 0 amide bonds. The fraction of sp³-hybridized carbons (Fsp3) is 0.800. The van der Waals surface area contributed by atoms with Crippen molar-refractivity contribution in [1.29, 1.82) is 5.26 Å². The minimum atomic E-state index is 0.458. The Kier molecular flexibility index (Phi) is 1.64. The van der Waals surface area contributed by atoms with Crippen molar-refractivity contribution in [2.24, 2.45) is 45.7 Å². The van der Waals surface area contributed by atoms with Crippen LogP contribution in [0.25, 0.3) is 0 Å². The molecule has 2 heterocycles. The molecule has 0 unspecified atom stereocenters. The van der Waals surface area contributed by atoms with Crippen molar-refractivity contribution in [3.8, 4) is 6.07 Å². The Bertz CT molecular complexity index is 514. The van der Waals surface area contributed by atoms with E-state index in [0.717, 1.165) is 23.3 Å². The van der Waals surface area contributed by atoms with Gasteiger partial charge in [0.15, 0.2) is 0 Å². The van der Waals surface area contributed by atoms with Gasteiger partial charge >= 0.3 is 0 Å². The number of hydrogen-bond acceptors (Lipinski definition) is 3. The van der Waals surface area contributed by atoms with Gasteiger partial charge in [-0.25, -0.2) is 0 Å². The van der Waals surface area contributed by atoms with Gasteiger partial charge in [0.25, 0.3) is 0 Å². The Morgan fingerprint density at radius 2 is 1.83 bits per heavy atom. The van der Waals surface area contributed by atoms with E-state index in [4.69, 9.17) is 0 Å². The van der Waals surface area contributed by atoms with Crippen LogP contribution >= 0.6 is 0 Å². The van der Waals surface area contributed by atoms with Gasteiger partial charge in [-0.2, -0.15) is 15.5 Å². The minimum absolute atomic E-state index is 0.458. The summed E-state index contributed by atoms with van der Waals surface area (Å²) in [5.74, 6) is 4.19. The Hall–Kier alpha value is -1.17. The predicted octanol–water partition coefficient (Wildman–Crippen LogP) is 2.95. The summed E-state index contributed by atoms with van der Waals surface area (Å²) in [6, 6.07) is 3.39. The molecule has 0 N–H and O–H groups in total. The summed E-state index contributed by atoms with van der Waals surface area (Å²) in [6.45, 7) is 0. The molecular weight excluding hydrogens is 222 g/mol. The highest BCUT2D eigenvalue weighted by molar-refractivity contribution is 5.37. The maximum absolute atomic E-state index is 9.26. The highest BCUT2D eigenvalue weighted by Crippen LogP contribution is 2.64. The lowest BCUT2D eigenvalue weighted by Crippen LogP contribution is -2.53. The SMILES string of the molecule is N#CC1=C[C@H]2C[C@@H]1[C@H]1[C@H]3N=N[C@H]([C@@H]4CCC[C@@H]43)[C@H]12. The van der Waals surface area contributed by atoms with Crippen LogP contribution in [-0.2, 0) is 0 Å². The molecule has 6 rings (SSSR count). The first-order valence-corrected chi connectivity index (χ1v) is 7.40. The summed E-state index contributed by atoms with van der Waals surface area (Å²) < 4.78 is 0. The van der Waals surface area contributed by atoms with Gasteiger partial charge in [0.2, 0.25) is 0 Å². The van der Waals surface area contributed by atoms with Gasteiger partial charge in [0.1, 0.15) is 0 Å². The number of rotatable bonds is 0. The summed E-state index contributed by atoms with van der Waals surface area (Å²) in [5.41, 5.74) is 1.07. The van der Waals surface area contributed by atoms with Crippen molar-refractivity contribution in [2.45, 2.75) is 37.8 Å². The molecule has 0 aromatic heterocycles. The quantitative estimate of drug-likeness (QED) is 0.641. The number of nitriles is 1. The van der Waals surface area contributed by atoms with Crippen LogP contribution in [-0.4, -0.2) is 12.1 Å². The first-order chi connectivity index (χ1) is 8.88. The van der Waals surface area contributed by atoms with Crippen LogP contribution in [0.3, 0.4) is 0 Å². The Morgan fingerprint density at radius 1 is 1.11 bits per heavy atom. The molecule has 0 aromatic carbocycles. The topological polar surface area (TPSA) is 48.5 Å². The summed E-state index contributed by atoms with van der Waals surface area (Å²) >= 11 is 0. The van der Waals surface area contributed by atoms with E-state index in [1.807, 2.05) is 0 Å². The standard InChI is InChI=1S/C15H17N3/c16-6-8-4-7-5-11(8)13-12(7)14-9-2-1-3-10(9)15(13)18-17-14/h4,7,9-15H,1-3,5H2/t7-,9+,10-,11-,12-,13+,14+,15-/m0/s1. The van der Waals surface area contributed by atoms with Gasteiger partial charge in [-0.1, -0.05) is 12.5 Å². The molecule has 3 saturated carbocycles. The first-order valence-electron chi connectivity index (χ1n) is 7.40. The van der Waals surface area contributed by atoms with Crippen molar-refractivity contribution in [3.63, 3.8) is 0 Å². The van der Waals surface area contributed by atoms with Gasteiger partial charge in [0.05, 0.1) is 18.2 Å². The maximum Gasteiger partial charge on any atom is 0.0946 e. The largest absolute Gasteiger partial charge is 0.193 e. The lowest BCUT2D eigenvalue weighted by Gasteiger charge is -2.50. The third kappa shape index (κ3) is 0.910. The molecule has 4 aliphatic carbocycles. The second kappa shape index (κ2) is 3.04. The molecule has 6 aliphatic rings. The van der Waals surface area contributed by atoms with E-state index in [0.29, 0.717) is 29.8 Å².